The monoisotopic (exact) mass is 359 g/mol. The van der Waals surface area contributed by atoms with E-state index in [-0.39, 0.29) is 24.9 Å². The van der Waals surface area contributed by atoms with Crippen LogP contribution < -0.4 is 15.5 Å². The van der Waals surface area contributed by atoms with Crippen LogP contribution in [0.2, 0.25) is 0 Å². The Labute approximate surface area is 149 Å². The first-order chi connectivity index (χ1) is 12.6. The summed E-state index contributed by atoms with van der Waals surface area (Å²) in [5.41, 5.74) is 3.75. The fourth-order valence-corrected chi connectivity index (χ4v) is 1.82. The van der Waals surface area contributed by atoms with Crippen molar-refractivity contribution < 1.29 is 23.5 Å². The van der Waals surface area contributed by atoms with E-state index in [1.54, 1.807) is 24.3 Å². The normalized spacial score (nSPS) is 10.4. The molecule has 26 heavy (non-hydrogen) atoms. The van der Waals surface area contributed by atoms with Gasteiger partial charge in [0.05, 0.1) is 19.9 Å². The second-order valence-corrected chi connectivity index (χ2v) is 5.09. The number of ether oxygens (including phenoxy) is 2. The summed E-state index contributed by atoms with van der Waals surface area (Å²) in [7, 11) is 1.29. The lowest BCUT2D eigenvalue weighted by Crippen LogP contribution is -2.25. The first-order valence-electron chi connectivity index (χ1n) is 7.68. The number of carbonyl (C=O) groups is 2. The van der Waals surface area contributed by atoms with E-state index in [1.165, 1.54) is 37.6 Å². The van der Waals surface area contributed by atoms with Gasteiger partial charge in [0.1, 0.15) is 11.6 Å². The zero-order valence-corrected chi connectivity index (χ0v) is 14.1. The second-order valence-electron chi connectivity index (χ2n) is 5.09. The number of hydrogen-bond donors (Lipinski definition) is 2. The number of nitrogens with zero attached hydrogens (tertiary/aromatic N) is 1. The lowest BCUT2D eigenvalue weighted by molar-refractivity contribution is -0.142. The number of carbonyl (C=O) groups excluding carboxylic acids is 2. The highest BCUT2D eigenvalue weighted by molar-refractivity contribution is 5.84. The number of hydrogen-bond acceptors (Lipinski definition) is 6. The van der Waals surface area contributed by atoms with Gasteiger partial charge in [-0.25, -0.2) is 14.6 Å². The number of halogens is 1. The number of nitrogens with one attached hydrogen (secondary N) is 2. The van der Waals surface area contributed by atoms with Crippen molar-refractivity contribution in [3.63, 3.8) is 0 Å². The van der Waals surface area contributed by atoms with Crippen molar-refractivity contribution in [1.82, 2.24) is 5.43 Å². The number of amides is 1. The van der Waals surface area contributed by atoms with Crippen LogP contribution in [0.1, 0.15) is 5.56 Å². The SMILES string of the molecule is COC(=O)COc1ccc(/C=N\NC(=O)CNc2ccc(F)cc2)cc1. The molecule has 0 atom stereocenters. The Hall–Kier alpha value is -3.42. The maximum atomic E-state index is 12.8. The third kappa shape index (κ3) is 6.60. The van der Waals surface area contributed by atoms with Crippen LogP contribution >= 0.6 is 0 Å². The molecule has 2 N–H and O–H groups in total. The third-order valence-corrected chi connectivity index (χ3v) is 3.16. The van der Waals surface area contributed by atoms with Crippen molar-refractivity contribution in [2.45, 2.75) is 0 Å². The van der Waals surface area contributed by atoms with E-state index in [4.69, 9.17) is 4.74 Å². The Balaban J connectivity index is 1.74. The first-order valence-corrected chi connectivity index (χ1v) is 7.68. The summed E-state index contributed by atoms with van der Waals surface area (Å²) < 4.78 is 22.5. The number of anilines is 1. The van der Waals surface area contributed by atoms with Gasteiger partial charge < -0.3 is 14.8 Å². The van der Waals surface area contributed by atoms with E-state index in [9.17, 15) is 14.0 Å². The summed E-state index contributed by atoms with van der Waals surface area (Å²) in [6.45, 7) is -0.162. The van der Waals surface area contributed by atoms with Gasteiger partial charge in [0, 0.05) is 5.69 Å². The van der Waals surface area contributed by atoms with Crippen LogP contribution in [0.3, 0.4) is 0 Å². The fraction of sp³-hybridized carbons (Fsp3) is 0.167. The molecular weight excluding hydrogens is 341 g/mol. The molecule has 2 aromatic rings. The van der Waals surface area contributed by atoms with Crippen molar-refractivity contribution >= 4 is 23.8 Å². The Kier molecular flexibility index (Phi) is 7.11. The van der Waals surface area contributed by atoms with Crippen molar-refractivity contribution in [1.29, 1.82) is 0 Å². The van der Waals surface area contributed by atoms with Gasteiger partial charge in [-0.2, -0.15) is 5.10 Å². The van der Waals surface area contributed by atoms with E-state index in [0.717, 1.165) is 5.56 Å². The van der Waals surface area contributed by atoms with Crippen LogP contribution in [-0.2, 0) is 14.3 Å². The zero-order valence-electron chi connectivity index (χ0n) is 14.1. The molecule has 0 saturated heterocycles. The first kappa shape index (κ1) is 18.9. The summed E-state index contributed by atoms with van der Waals surface area (Å²) in [6, 6.07) is 12.5. The average Bonchev–Trinajstić information content (AvgIpc) is 2.66. The standard InChI is InChI=1S/C18H18FN3O4/c1-25-18(24)12-26-16-8-2-13(3-9-16)10-21-22-17(23)11-20-15-6-4-14(19)5-7-15/h2-10,20H,11-12H2,1H3,(H,22,23)/b21-10-. The minimum Gasteiger partial charge on any atom is -0.482 e. The molecule has 0 spiro atoms. The molecule has 8 heteroatoms. The number of benzene rings is 2. The minimum atomic E-state index is -0.465. The van der Waals surface area contributed by atoms with E-state index in [0.29, 0.717) is 11.4 Å². The number of esters is 1. The third-order valence-electron chi connectivity index (χ3n) is 3.16. The highest BCUT2D eigenvalue weighted by Crippen LogP contribution is 2.11. The lowest BCUT2D eigenvalue weighted by atomic mass is 10.2. The van der Waals surface area contributed by atoms with Crippen molar-refractivity contribution in [3.05, 3.63) is 59.9 Å². The Morgan fingerprint density at radius 3 is 2.46 bits per heavy atom. The van der Waals surface area contributed by atoms with E-state index < -0.39 is 5.97 Å². The summed E-state index contributed by atoms with van der Waals surface area (Å²) in [4.78, 5) is 22.7. The molecule has 0 aromatic heterocycles. The van der Waals surface area contributed by atoms with Crippen LogP contribution in [0.15, 0.2) is 53.6 Å². The Morgan fingerprint density at radius 1 is 1.12 bits per heavy atom. The second kappa shape index (κ2) is 9.77. The molecule has 0 radical (unpaired) electrons. The molecule has 7 nitrogen and oxygen atoms in total. The highest BCUT2D eigenvalue weighted by Gasteiger charge is 2.02. The van der Waals surface area contributed by atoms with E-state index >= 15 is 0 Å². The molecule has 0 aliphatic rings. The summed E-state index contributed by atoms with van der Waals surface area (Å²) in [6.07, 6.45) is 1.47. The van der Waals surface area contributed by atoms with Crippen molar-refractivity contribution in [2.75, 3.05) is 25.6 Å². The quantitative estimate of drug-likeness (QED) is 0.427. The van der Waals surface area contributed by atoms with Gasteiger partial charge in [-0.3, -0.25) is 4.79 Å². The van der Waals surface area contributed by atoms with Gasteiger partial charge in [0.15, 0.2) is 6.61 Å². The van der Waals surface area contributed by atoms with Gasteiger partial charge in [-0.15, -0.1) is 0 Å². The average molecular weight is 359 g/mol. The molecule has 0 heterocycles. The van der Waals surface area contributed by atoms with Crippen LogP contribution in [0.25, 0.3) is 0 Å². The molecule has 0 fully saturated rings. The van der Waals surface area contributed by atoms with Crippen LogP contribution in [0.4, 0.5) is 10.1 Å². The molecule has 1 amide bonds. The predicted octanol–water partition coefficient (Wildman–Crippen LogP) is 1.94. The summed E-state index contributed by atoms with van der Waals surface area (Å²) in [5.74, 6) is -0.636. The highest BCUT2D eigenvalue weighted by atomic mass is 19.1. The van der Waals surface area contributed by atoms with E-state index in [2.05, 4.69) is 20.6 Å². The number of hydrazone groups is 1. The molecule has 2 aromatic carbocycles. The van der Waals surface area contributed by atoms with Gasteiger partial charge in [-0.05, 0) is 54.1 Å². The van der Waals surface area contributed by atoms with Crippen molar-refractivity contribution in [2.24, 2.45) is 5.10 Å². The maximum Gasteiger partial charge on any atom is 0.343 e. The molecule has 0 saturated carbocycles. The largest absolute Gasteiger partial charge is 0.482 e. The lowest BCUT2D eigenvalue weighted by Gasteiger charge is -2.05. The maximum absolute atomic E-state index is 12.8. The summed E-state index contributed by atoms with van der Waals surface area (Å²) >= 11 is 0. The van der Waals surface area contributed by atoms with Gasteiger partial charge in [-0.1, -0.05) is 0 Å². The smallest absolute Gasteiger partial charge is 0.343 e. The minimum absolute atomic E-state index is 0.00325. The fourth-order valence-electron chi connectivity index (χ4n) is 1.82. The molecule has 2 rings (SSSR count). The Bertz CT molecular complexity index is 761. The zero-order chi connectivity index (χ0) is 18.8. The molecular formula is C18H18FN3O4. The topological polar surface area (TPSA) is 89.0 Å². The van der Waals surface area contributed by atoms with Crippen LogP contribution in [-0.4, -0.2) is 38.4 Å². The van der Waals surface area contributed by atoms with Crippen LogP contribution in [0.5, 0.6) is 5.75 Å². The van der Waals surface area contributed by atoms with Gasteiger partial charge in [0.25, 0.3) is 5.91 Å². The molecule has 0 aliphatic heterocycles. The molecule has 0 unspecified atom stereocenters. The molecule has 136 valence electrons. The van der Waals surface area contributed by atoms with E-state index in [1.807, 2.05) is 0 Å². The number of rotatable bonds is 8. The van der Waals surface area contributed by atoms with Crippen LogP contribution in [0, 0.1) is 5.82 Å². The molecule has 0 aliphatic carbocycles. The predicted molar refractivity (Wildman–Crippen MR) is 94.6 cm³/mol. The Morgan fingerprint density at radius 2 is 1.81 bits per heavy atom. The molecule has 0 bridgehead atoms. The summed E-state index contributed by atoms with van der Waals surface area (Å²) in [5, 5.41) is 6.69. The van der Waals surface area contributed by atoms with Crippen molar-refractivity contribution in [3.8, 4) is 5.75 Å². The number of methoxy groups -OCH3 is 1. The van der Waals surface area contributed by atoms with Gasteiger partial charge in [0.2, 0.25) is 0 Å². The van der Waals surface area contributed by atoms with Gasteiger partial charge >= 0.3 is 5.97 Å².